The van der Waals surface area contributed by atoms with Gasteiger partial charge in [-0.15, -0.1) is 11.3 Å². The van der Waals surface area contributed by atoms with Crippen LogP contribution < -0.4 is 0 Å². The van der Waals surface area contributed by atoms with Gasteiger partial charge in [0.25, 0.3) is 11.6 Å². The fraction of sp³-hybridized carbons (Fsp3) is 0.316. The molecule has 0 spiro atoms. The molecule has 0 atom stereocenters. The van der Waals surface area contributed by atoms with Crippen LogP contribution in [0.15, 0.2) is 46.3 Å². The van der Waals surface area contributed by atoms with E-state index in [9.17, 15) is 14.9 Å². The van der Waals surface area contributed by atoms with Crippen molar-refractivity contribution < 1.29 is 14.2 Å². The summed E-state index contributed by atoms with van der Waals surface area (Å²) in [4.78, 5) is 29.8. The normalized spacial score (nSPS) is 11.0. The second-order valence-electron chi connectivity index (χ2n) is 6.69. The fourth-order valence-electron chi connectivity index (χ4n) is 2.71. The molecule has 0 saturated heterocycles. The van der Waals surface area contributed by atoms with E-state index in [1.165, 1.54) is 23.5 Å². The molecule has 0 aliphatic rings. The van der Waals surface area contributed by atoms with E-state index < -0.39 is 4.92 Å². The van der Waals surface area contributed by atoms with Crippen LogP contribution in [-0.2, 0) is 6.42 Å². The molecular formula is C19H20N4O4S. The summed E-state index contributed by atoms with van der Waals surface area (Å²) in [5, 5.41) is 16.6. The van der Waals surface area contributed by atoms with Gasteiger partial charge in [-0.2, -0.15) is 4.98 Å². The number of nitrogens with zero attached hydrogens (tertiary/aromatic N) is 4. The maximum absolute atomic E-state index is 12.7. The zero-order chi connectivity index (χ0) is 20.1. The monoisotopic (exact) mass is 400 g/mol. The molecule has 146 valence electrons. The van der Waals surface area contributed by atoms with Crippen LogP contribution in [0.25, 0.3) is 11.4 Å². The minimum Gasteiger partial charge on any atom is -0.339 e. The Morgan fingerprint density at radius 2 is 2.04 bits per heavy atom. The average molecular weight is 400 g/mol. The van der Waals surface area contributed by atoms with E-state index >= 15 is 0 Å². The van der Waals surface area contributed by atoms with E-state index in [1.54, 1.807) is 17.0 Å². The minimum atomic E-state index is -0.459. The first-order valence-corrected chi connectivity index (χ1v) is 9.72. The Labute approximate surface area is 165 Å². The minimum absolute atomic E-state index is 0.00110. The van der Waals surface area contributed by atoms with Gasteiger partial charge in [0.15, 0.2) is 0 Å². The molecule has 8 nitrogen and oxygen atoms in total. The van der Waals surface area contributed by atoms with Gasteiger partial charge >= 0.3 is 0 Å². The van der Waals surface area contributed by atoms with E-state index in [0.717, 1.165) is 0 Å². The lowest BCUT2D eigenvalue weighted by Crippen LogP contribution is -2.35. The number of nitro benzene ring substituents is 1. The summed E-state index contributed by atoms with van der Waals surface area (Å²) in [6.07, 6.45) is 0.434. The van der Waals surface area contributed by atoms with Crippen molar-refractivity contribution in [2.45, 2.75) is 20.3 Å². The highest BCUT2D eigenvalue weighted by molar-refractivity contribution is 7.12. The highest BCUT2D eigenvalue weighted by atomic mass is 32.1. The van der Waals surface area contributed by atoms with Crippen molar-refractivity contribution >= 4 is 22.9 Å². The smallest absolute Gasteiger partial charge is 0.269 e. The number of thiophene rings is 1. The van der Waals surface area contributed by atoms with Gasteiger partial charge in [0.2, 0.25) is 11.7 Å². The molecule has 1 amide bonds. The largest absolute Gasteiger partial charge is 0.339 e. The summed E-state index contributed by atoms with van der Waals surface area (Å²) in [5.74, 6) is 1.12. The zero-order valence-corrected chi connectivity index (χ0v) is 16.4. The number of carbonyl (C=O) groups excluding carboxylic acids is 1. The molecule has 9 heteroatoms. The van der Waals surface area contributed by atoms with Gasteiger partial charge in [0.1, 0.15) is 0 Å². The van der Waals surface area contributed by atoms with Crippen molar-refractivity contribution in [2.75, 3.05) is 13.1 Å². The summed E-state index contributed by atoms with van der Waals surface area (Å²) in [7, 11) is 0. The summed E-state index contributed by atoms with van der Waals surface area (Å²) >= 11 is 1.42. The third-order valence-corrected chi connectivity index (χ3v) is 4.86. The number of amides is 1. The van der Waals surface area contributed by atoms with E-state index in [-0.39, 0.29) is 11.6 Å². The van der Waals surface area contributed by atoms with Gasteiger partial charge in [-0.3, -0.25) is 14.9 Å². The third-order valence-electron chi connectivity index (χ3n) is 4.00. The van der Waals surface area contributed by atoms with Gasteiger partial charge in [-0.1, -0.05) is 25.1 Å². The predicted molar refractivity (Wildman–Crippen MR) is 105 cm³/mol. The Hall–Kier alpha value is -3.07. The molecule has 0 radical (unpaired) electrons. The Morgan fingerprint density at radius 1 is 1.29 bits per heavy atom. The Kier molecular flexibility index (Phi) is 6.15. The summed E-state index contributed by atoms with van der Waals surface area (Å²) in [5.41, 5.74) is 0.637. The molecule has 0 bridgehead atoms. The molecule has 0 unspecified atom stereocenters. The summed E-state index contributed by atoms with van der Waals surface area (Å²) < 4.78 is 5.29. The molecule has 1 aromatic carbocycles. The second-order valence-corrected chi connectivity index (χ2v) is 7.64. The molecule has 0 aliphatic carbocycles. The number of hydrogen-bond acceptors (Lipinski definition) is 7. The molecule has 0 saturated carbocycles. The molecule has 0 aliphatic heterocycles. The van der Waals surface area contributed by atoms with Crippen LogP contribution in [0.2, 0.25) is 0 Å². The van der Waals surface area contributed by atoms with E-state index in [4.69, 9.17) is 4.52 Å². The van der Waals surface area contributed by atoms with Crippen LogP contribution in [0.4, 0.5) is 5.69 Å². The quantitative estimate of drug-likeness (QED) is 0.417. The number of carbonyl (C=O) groups is 1. The average Bonchev–Trinajstić information content (AvgIpc) is 3.36. The molecule has 28 heavy (non-hydrogen) atoms. The highest BCUT2D eigenvalue weighted by Gasteiger charge is 2.19. The first kappa shape index (κ1) is 19.7. The summed E-state index contributed by atoms with van der Waals surface area (Å²) in [6.45, 7) is 5.24. The van der Waals surface area contributed by atoms with Crippen molar-refractivity contribution in [3.05, 3.63) is 62.7 Å². The molecule has 3 aromatic rings. The molecular weight excluding hydrogens is 380 g/mol. The van der Waals surface area contributed by atoms with Gasteiger partial charge in [-0.25, -0.2) is 0 Å². The number of rotatable bonds is 8. The topological polar surface area (TPSA) is 102 Å². The van der Waals surface area contributed by atoms with Crippen molar-refractivity contribution in [1.29, 1.82) is 0 Å². The van der Waals surface area contributed by atoms with Gasteiger partial charge < -0.3 is 9.42 Å². The standard InChI is InChI=1S/C19H20N4O4S/c1-13(2)12-22(19(24)16-4-3-11-28-16)10-9-17-20-18(21-27-17)14-5-7-15(8-6-14)23(25)26/h3-8,11,13H,9-10,12H2,1-2H3. The fourth-order valence-corrected chi connectivity index (χ4v) is 3.40. The van der Waals surface area contributed by atoms with E-state index in [2.05, 4.69) is 24.0 Å². The maximum Gasteiger partial charge on any atom is 0.269 e. The van der Waals surface area contributed by atoms with E-state index in [1.807, 2.05) is 17.5 Å². The predicted octanol–water partition coefficient (Wildman–Crippen LogP) is 4.05. The second kappa shape index (κ2) is 8.75. The number of non-ortho nitro benzene ring substituents is 1. The SMILES string of the molecule is CC(C)CN(CCc1nc(-c2ccc([N+](=O)[O-])cc2)no1)C(=O)c1cccs1. The van der Waals surface area contributed by atoms with Crippen LogP contribution in [0.3, 0.4) is 0 Å². The van der Waals surface area contributed by atoms with Crippen LogP contribution in [0.1, 0.15) is 29.4 Å². The zero-order valence-electron chi connectivity index (χ0n) is 15.6. The van der Waals surface area contributed by atoms with Crippen LogP contribution in [-0.4, -0.2) is 39.0 Å². The number of aromatic nitrogens is 2. The lowest BCUT2D eigenvalue weighted by Gasteiger charge is -2.23. The Bertz CT molecular complexity index is 935. The molecule has 2 aromatic heterocycles. The third kappa shape index (κ3) is 4.80. The Morgan fingerprint density at radius 3 is 2.64 bits per heavy atom. The number of benzene rings is 1. The first-order valence-electron chi connectivity index (χ1n) is 8.84. The Balaban J connectivity index is 1.67. The molecule has 3 rings (SSSR count). The summed E-state index contributed by atoms with van der Waals surface area (Å²) in [6, 6.07) is 9.64. The maximum atomic E-state index is 12.7. The van der Waals surface area contributed by atoms with Crippen LogP contribution in [0, 0.1) is 16.0 Å². The van der Waals surface area contributed by atoms with Crippen molar-refractivity contribution in [2.24, 2.45) is 5.92 Å². The first-order chi connectivity index (χ1) is 13.4. The number of hydrogen-bond donors (Lipinski definition) is 0. The van der Waals surface area contributed by atoms with Gasteiger partial charge in [0, 0.05) is 37.2 Å². The van der Waals surface area contributed by atoms with Crippen molar-refractivity contribution in [3.8, 4) is 11.4 Å². The lowest BCUT2D eigenvalue weighted by molar-refractivity contribution is -0.384. The van der Waals surface area contributed by atoms with Gasteiger partial charge in [-0.05, 0) is 29.5 Å². The van der Waals surface area contributed by atoms with Gasteiger partial charge in [0.05, 0.1) is 9.80 Å². The van der Waals surface area contributed by atoms with Crippen LogP contribution >= 0.6 is 11.3 Å². The van der Waals surface area contributed by atoms with E-state index in [0.29, 0.717) is 47.6 Å². The van der Waals surface area contributed by atoms with Crippen LogP contribution in [0.5, 0.6) is 0 Å². The molecule has 2 heterocycles. The van der Waals surface area contributed by atoms with Crippen molar-refractivity contribution in [1.82, 2.24) is 15.0 Å². The molecule has 0 fully saturated rings. The lowest BCUT2D eigenvalue weighted by atomic mass is 10.2. The van der Waals surface area contributed by atoms with Crippen molar-refractivity contribution in [3.63, 3.8) is 0 Å². The molecule has 0 N–H and O–H groups in total. The number of nitro groups is 1. The highest BCUT2D eigenvalue weighted by Crippen LogP contribution is 2.20.